The number of ether oxygens (including phenoxy) is 1. The SMILES string of the molecule is CN(C)CCN(C)C(=O)OC[C@@H]1CCCCN1S(=O)(=O)c1ccc(Cl)cc1. The first-order valence-corrected chi connectivity index (χ1v) is 10.8. The standard InChI is InChI=1S/C18H28ClN3O4S/c1-20(2)12-13-21(3)18(23)26-14-16-6-4-5-11-22(16)27(24,25)17-9-7-15(19)8-10-17/h7-10,16H,4-6,11-14H2,1-3H3/t16-/m0/s1. The van der Waals surface area contributed by atoms with Gasteiger partial charge in [0.1, 0.15) is 6.61 Å². The minimum absolute atomic E-state index is 0.0535. The maximum atomic E-state index is 13.0. The molecule has 1 atom stereocenters. The summed E-state index contributed by atoms with van der Waals surface area (Å²) in [6.45, 7) is 1.75. The quantitative estimate of drug-likeness (QED) is 0.681. The smallest absolute Gasteiger partial charge is 0.409 e. The summed E-state index contributed by atoms with van der Waals surface area (Å²) in [6, 6.07) is 5.78. The highest BCUT2D eigenvalue weighted by atomic mass is 35.5. The van der Waals surface area contributed by atoms with Crippen molar-refractivity contribution in [3.05, 3.63) is 29.3 Å². The molecule has 1 fully saturated rings. The fourth-order valence-electron chi connectivity index (χ4n) is 2.92. The topological polar surface area (TPSA) is 70.2 Å². The second kappa shape index (κ2) is 9.73. The first kappa shape index (κ1) is 21.9. The Morgan fingerprint density at radius 1 is 1.19 bits per heavy atom. The Labute approximate surface area is 166 Å². The molecule has 9 heteroatoms. The largest absolute Gasteiger partial charge is 0.448 e. The lowest BCUT2D eigenvalue weighted by Crippen LogP contribution is -2.47. The molecule has 7 nitrogen and oxygen atoms in total. The van der Waals surface area contributed by atoms with Crippen molar-refractivity contribution in [2.75, 3.05) is 47.4 Å². The van der Waals surface area contributed by atoms with Gasteiger partial charge < -0.3 is 14.5 Å². The van der Waals surface area contributed by atoms with Gasteiger partial charge in [0.15, 0.2) is 0 Å². The van der Waals surface area contributed by atoms with Crippen LogP contribution in [0.1, 0.15) is 19.3 Å². The van der Waals surface area contributed by atoms with Gasteiger partial charge in [0.25, 0.3) is 0 Å². The van der Waals surface area contributed by atoms with Gasteiger partial charge in [0, 0.05) is 31.7 Å². The Kier molecular flexibility index (Phi) is 7.91. The molecule has 0 aromatic heterocycles. The normalized spacial score (nSPS) is 18.5. The summed E-state index contributed by atoms with van der Waals surface area (Å²) in [5, 5.41) is 0.485. The third kappa shape index (κ3) is 6.07. The van der Waals surface area contributed by atoms with Crippen LogP contribution in [0.25, 0.3) is 0 Å². The van der Waals surface area contributed by atoms with Crippen LogP contribution in [0.4, 0.5) is 4.79 Å². The molecule has 1 amide bonds. The summed E-state index contributed by atoms with van der Waals surface area (Å²) >= 11 is 5.86. The van der Waals surface area contributed by atoms with Crippen LogP contribution in [0.15, 0.2) is 29.2 Å². The minimum Gasteiger partial charge on any atom is -0.448 e. The molecule has 0 unspecified atom stereocenters. The van der Waals surface area contributed by atoms with Gasteiger partial charge in [-0.05, 0) is 51.2 Å². The number of rotatable bonds is 7. The number of hydrogen-bond acceptors (Lipinski definition) is 5. The molecule has 0 saturated carbocycles. The van der Waals surface area contributed by atoms with Gasteiger partial charge in [-0.1, -0.05) is 18.0 Å². The molecule has 0 radical (unpaired) electrons. The average Bonchev–Trinajstić information content (AvgIpc) is 2.64. The molecule has 27 heavy (non-hydrogen) atoms. The van der Waals surface area contributed by atoms with Crippen molar-refractivity contribution in [2.45, 2.75) is 30.2 Å². The molecular weight excluding hydrogens is 390 g/mol. The van der Waals surface area contributed by atoms with Gasteiger partial charge >= 0.3 is 6.09 Å². The lowest BCUT2D eigenvalue weighted by atomic mass is 10.1. The van der Waals surface area contributed by atoms with Crippen molar-refractivity contribution in [3.63, 3.8) is 0 Å². The molecule has 1 heterocycles. The number of sulfonamides is 1. The zero-order chi connectivity index (χ0) is 20.0. The molecule has 0 bridgehead atoms. The van der Waals surface area contributed by atoms with Crippen LogP contribution in [0, 0.1) is 0 Å². The van der Waals surface area contributed by atoms with Crippen LogP contribution < -0.4 is 0 Å². The zero-order valence-electron chi connectivity index (χ0n) is 16.1. The van der Waals surface area contributed by atoms with E-state index in [2.05, 4.69) is 0 Å². The molecule has 1 saturated heterocycles. The summed E-state index contributed by atoms with van der Waals surface area (Å²) in [7, 11) is 1.88. The molecule has 0 aliphatic carbocycles. The van der Waals surface area contributed by atoms with Crippen molar-refractivity contribution < 1.29 is 17.9 Å². The Morgan fingerprint density at radius 3 is 2.48 bits per heavy atom. The van der Waals surface area contributed by atoms with E-state index in [0.717, 1.165) is 19.4 Å². The van der Waals surface area contributed by atoms with Crippen molar-refractivity contribution in [1.29, 1.82) is 0 Å². The maximum absolute atomic E-state index is 13.0. The molecule has 1 aliphatic heterocycles. The Balaban J connectivity index is 2.02. The molecule has 1 aromatic rings. The molecule has 1 aromatic carbocycles. The van der Waals surface area contributed by atoms with Crippen LogP contribution in [0.3, 0.4) is 0 Å². The number of hydrogen-bond donors (Lipinski definition) is 0. The van der Waals surface area contributed by atoms with E-state index in [-0.39, 0.29) is 17.5 Å². The highest BCUT2D eigenvalue weighted by Crippen LogP contribution is 2.26. The van der Waals surface area contributed by atoms with Crippen molar-refractivity contribution in [2.24, 2.45) is 0 Å². The number of carbonyl (C=O) groups excluding carboxylic acids is 1. The van der Waals surface area contributed by atoms with Gasteiger partial charge in [-0.15, -0.1) is 0 Å². The van der Waals surface area contributed by atoms with E-state index in [0.29, 0.717) is 24.5 Å². The van der Waals surface area contributed by atoms with Crippen molar-refractivity contribution in [1.82, 2.24) is 14.1 Å². The number of carbonyl (C=O) groups is 1. The van der Waals surface area contributed by atoms with E-state index >= 15 is 0 Å². The van der Waals surface area contributed by atoms with Gasteiger partial charge in [-0.3, -0.25) is 0 Å². The first-order chi connectivity index (χ1) is 12.7. The molecule has 0 N–H and O–H groups in total. The van der Waals surface area contributed by atoms with Crippen LogP contribution in [-0.2, 0) is 14.8 Å². The Hall–Kier alpha value is -1.35. The summed E-state index contributed by atoms with van der Waals surface area (Å²) in [6.07, 6.45) is 1.93. The van der Waals surface area contributed by atoms with Crippen LogP contribution in [0.2, 0.25) is 5.02 Å². The predicted molar refractivity (Wildman–Crippen MR) is 106 cm³/mol. The number of amides is 1. The molecule has 2 rings (SSSR count). The van der Waals surface area contributed by atoms with E-state index < -0.39 is 16.1 Å². The van der Waals surface area contributed by atoms with Crippen molar-refractivity contribution in [3.8, 4) is 0 Å². The Bertz CT molecular complexity index is 725. The fourth-order valence-corrected chi connectivity index (χ4v) is 4.72. The average molecular weight is 418 g/mol. The zero-order valence-corrected chi connectivity index (χ0v) is 17.7. The van der Waals surface area contributed by atoms with Gasteiger partial charge in [0.2, 0.25) is 10.0 Å². The van der Waals surface area contributed by atoms with Gasteiger partial charge in [0.05, 0.1) is 10.9 Å². The maximum Gasteiger partial charge on any atom is 0.409 e. The second-order valence-corrected chi connectivity index (χ2v) is 9.35. The number of piperidine rings is 1. The van der Waals surface area contributed by atoms with Crippen LogP contribution in [0.5, 0.6) is 0 Å². The summed E-state index contributed by atoms with van der Waals surface area (Å²) in [4.78, 5) is 15.8. The van der Waals surface area contributed by atoms with E-state index in [4.69, 9.17) is 16.3 Å². The second-order valence-electron chi connectivity index (χ2n) is 7.02. The van der Waals surface area contributed by atoms with E-state index in [9.17, 15) is 13.2 Å². The van der Waals surface area contributed by atoms with Crippen molar-refractivity contribution >= 4 is 27.7 Å². The first-order valence-electron chi connectivity index (χ1n) is 9.02. The monoisotopic (exact) mass is 417 g/mol. The number of benzene rings is 1. The minimum atomic E-state index is -3.65. The molecule has 152 valence electrons. The summed E-state index contributed by atoms with van der Waals surface area (Å²) < 4.78 is 32.8. The van der Waals surface area contributed by atoms with Crippen LogP contribution in [-0.4, -0.2) is 82.0 Å². The molecule has 0 spiro atoms. The van der Waals surface area contributed by atoms with E-state index in [1.807, 2.05) is 19.0 Å². The highest BCUT2D eigenvalue weighted by Gasteiger charge is 2.34. The van der Waals surface area contributed by atoms with E-state index in [1.165, 1.54) is 21.3 Å². The summed E-state index contributed by atoms with van der Waals surface area (Å²) in [5.74, 6) is 0. The van der Waals surface area contributed by atoms with Gasteiger partial charge in [-0.25, -0.2) is 13.2 Å². The third-order valence-electron chi connectivity index (χ3n) is 4.59. The highest BCUT2D eigenvalue weighted by molar-refractivity contribution is 7.89. The lowest BCUT2D eigenvalue weighted by Gasteiger charge is -2.34. The molecular formula is C18H28ClN3O4S. The number of halogens is 1. The Morgan fingerprint density at radius 2 is 1.85 bits per heavy atom. The van der Waals surface area contributed by atoms with Crippen LogP contribution >= 0.6 is 11.6 Å². The number of likely N-dealkylation sites (N-methyl/N-ethyl adjacent to an activating group) is 2. The predicted octanol–water partition coefficient (Wildman–Crippen LogP) is 2.51. The molecule has 1 aliphatic rings. The van der Waals surface area contributed by atoms with E-state index in [1.54, 1.807) is 19.2 Å². The lowest BCUT2D eigenvalue weighted by molar-refractivity contribution is 0.0789. The fraction of sp³-hybridized carbons (Fsp3) is 0.611. The third-order valence-corrected chi connectivity index (χ3v) is 6.80. The summed E-state index contributed by atoms with van der Waals surface area (Å²) in [5.41, 5.74) is 0. The number of nitrogens with zero attached hydrogens (tertiary/aromatic N) is 3. The van der Waals surface area contributed by atoms with Gasteiger partial charge in [-0.2, -0.15) is 4.31 Å².